The third-order valence-electron chi connectivity index (χ3n) is 2.18. The number of benzene rings is 1. The first-order valence-electron chi connectivity index (χ1n) is 4.47. The van der Waals surface area contributed by atoms with Gasteiger partial charge in [-0.25, -0.2) is 10.1 Å². The fraction of sp³-hybridized carbons (Fsp3) is 0.0909. The topological polar surface area (TPSA) is 53.9 Å². The third kappa shape index (κ3) is 1.65. The normalized spacial score (nSPS) is 11.1. The third-order valence-corrected chi connectivity index (χ3v) is 2.70. The number of nitriles is 1. The summed E-state index contributed by atoms with van der Waals surface area (Å²) in [5.41, 5.74) is 3.45. The summed E-state index contributed by atoms with van der Waals surface area (Å²) in [5, 5.41) is 8.70. The van der Waals surface area contributed by atoms with Crippen molar-refractivity contribution in [1.29, 1.82) is 5.26 Å². The van der Waals surface area contributed by atoms with Crippen LogP contribution in [0.2, 0.25) is 0 Å². The molecule has 5 heteroatoms. The Kier molecular flexibility index (Phi) is 2.63. The van der Waals surface area contributed by atoms with Gasteiger partial charge in [0.2, 0.25) is 0 Å². The molecule has 0 fully saturated rings. The first-order chi connectivity index (χ1) is 7.76. The minimum absolute atomic E-state index is 0.0538. The summed E-state index contributed by atoms with van der Waals surface area (Å²) in [7, 11) is 0. The van der Waals surface area contributed by atoms with E-state index in [9.17, 15) is 0 Å². The van der Waals surface area contributed by atoms with Crippen LogP contribution in [0.3, 0.4) is 0 Å². The maximum Gasteiger partial charge on any atom is 0.262 e. The molecular weight excluding hydrogens is 220 g/mol. The quantitative estimate of drug-likeness (QED) is 0.555. The molecule has 0 saturated heterocycles. The second-order valence-corrected chi connectivity index (χ2v) is 3.71. The van der Waals surface area contributed by atoms with Gasteiger partial charge in [-0.1, -0.05) is 12.1 Å². The zero-order valence-corrected chi connectivity index (χ0v) is 9.25. The molecule has 0 amide bonds. The second kappa shape index (κ2) is 4.09. The molecule has 2 rings (SSSR count). The Morgan fingerprint density at radius 3 is 2.94 bits per heavy atom. The Labute approximate surface area is 96.6 Å². The Balaban J connectivity index is 2.69. The van der Waals surface area contributed by atoms with Crippen molar-refractivity contribution in [2.24, 2.45) is 0 Å². The zero-order valence-electron chi connectivity index (χ0n) is 8.43. The summed E-state index contributed by atoms with van der Waals surface area (Å²) in [6.07, 6.45) is 1.54. The van der Waals surface area contributed by atoms with E-state index in [2.05, 4.69) is 13.6 Å². The lowest BCUT2D eigenvalue weighted by molar-refractivity contribution is 1.47. The predicted molar refractivity (Wildman–Crippen MR) is 62.3 cm³/mol. The lowest BCUT2D eigenvalue weighted by Gasteiger charge is -1.97. The summed E-state index contributed by atoms with van der Waals surface area (Å²) in [5.74, 6) is 0. The number of allylic oxidation sites excluding steroid dienone is 1. The highest BCUT2D eigenvalue weighted by Gasteiger charge is 2.06. The number of fused-ring (bicyclic) bond motifs is 1. The molecule has 2 aromatic rings. The summed E-state index contributed by atoms with van der Waals surface area (Å²) in [6, 6.07) is 5.59. The fourth-order valence-electron chi connectivity index (χ4n) is 1.36. The minimum atomic E-state index is 0.0538. The molecular formula is C11H6N4S. The van der Waals surface area contributed by atoms with Crippen LogP contribution in [0.4, 0.5) is 0 Å². The molecule has 16 heavy (non-hydrogen) atoms. The molecule has 0 aliphatic carbocycles. The van der Waals surface area contributed by atoms with E-state index in [0.29, 0.717) is 0 Å². The molecule has 0 aliphatic heterocycles. The highest BCUT2D eigenvalue weighted by Crippen LogP contribution is 2.22. The molecule has 0 N–H and O–H groups in total. The molecule has 76 valence electrons. The first kappa shape index (κ1) is 10.3. The molecule has 0 atom stereocenters. The van der Waals surface area contributed by atoms with E-state index in [1.807, 2.05) is 25.1 Å². The molecule has 4 nitrogen and oxygen atoms in total. The Morgan fingerprint density at radius 2 is 2.25 bits per heavy atom. The zero-order chi connectivity index (χ0) is 11.5. The van der Waals surface area contributed by atoms with Gasteiger partial charge in [0.15, 0.2) is 0 Å². The van der Waals surface area contributed by atoms with E-state index in [1.165, 1.54) is 6.08 Å². The number of aromatic nitrogens is 2. The van der Waals surface area contributed by atoms with Gasteiger partial charge < -0.3 is 0 Å². The van der Waals surface area contributed by atoms with Crippen LogP contribution in [0.25, 0.3) is 22.0 Å². The first-order valence-corrected chi connectivity index (χ1v) is 5.20. The van der Waals surface area contributed by atoms with Crippen LogP contribution in [0.5, 0.6) is 0 Å². The number of nitrogens with zero attached hydrogens (tertiary/aromatic N) is 4. The second-order valence-electron chi connectivity index (χ2n) is 3.19. The smallest absolute Gasteiger partial charge is 0.227 e. The number of hydrogen-bond donors (Lipinski definition) is 0. The number of hydrogen-bond acceptors (Lipinski definition) is 4. The van der Waals surface area contributed by atoms with E-state index in [1.54, 1.807) is 0 Å². The monoisotopic (exact) mass is 226 g/mol. The van der Waals surface area contributed by atoms with E-state index in [0.717, 1.165) is 33.9 Å². The van der Waals surface area contributed by atoms with Crippen molar-refractivity contribution in [3.8, 4) is 6.07 Å². The fourth-order valence-corrected chi connectivity index (χ4v) is 1.99. The molecule has 1 aromatic carbocycles. The average Bonchev–Trinajstić information content (AvgIpc) is 2.78. The van der Waals surface area contributed by atoms with Gasteiger partial charge in [0.05, 0.1) is 24.4 Å². The van der Waals surface area contributed by atoms with E-state index in [4.69, 9.17) is 11.8 Å². The van der Waals surface area contributed by atoms with Gasteiger partial charge in [0.1, 0.15) is 11.0 Å². The minimum Gasteiger partial charge on any atom is -0.227 e. The molecule has 0 aliphatic rings. The van der Waals surface area contributed by atoms with Crippen LogP contribution in [-0.4, -0.2) is 8.75 Å². The van der Waals surface area contributed by atoms with Gasteiger partial charge in [-0.05, 0) is 24.1 Å². The van der Waals surface area contributed by atoms with Crippen molar-refractivity contribution in [2.75, 3.05) is 0 Å². The van der Waals surface area contributed by atoms with E-state index >= 15 is 0 Å². The molecule has 0 saturated carbocycles. The SMILES string of the molecule is [C-]#[N+]/C(C#N)=C\c1ccc(C)c2nsnc12. The van der Waals surface area contributed by atoms with Crippen molar-refractivity contribution < 1.29 is 0 Å². The molecule has 0 radical (unpaired) electrons. The van der Waals surface area contributed by atoms with Crippen molar-refractivity contribution in [3.63, 3.8) is 0 Å². The maximum atomic E-state index is 8.70. The van der Waals surface area contributed by atoms with Crippen molar-refractivity contribution in [3.05, 3.63) is 40.4 Å². The summed E-state index contributed by atoms with van der Waals surface area (Å²) < 4.78 is 8.35. The number of rotatable bonds is 1. The Hall–Kier alpha value is -2.24. The molecule has 1 aromatic heterocycles. The molecule has 1 heterocycles. The van der Waals surface area contributed by atoms with E-state index < -0.39 is 0 Å². The Morgan fingerprint density at radius 1 is 1.50 bits per heavy atom. The van der Waals surface area contributed by atoms with Crippen LogP contribution < -0.4 is 0 Å². The summed E-state index contributed by atoms with van der Waals surface area (Å²) in [6.45, 7) is 8.78. The maximum absolute atomic E-state index is 8.70. The van der Waals surface area contributed by atoms with Gasteiger partial charge in [-0.3, -0.25) is 0 Å². The standard InChI is InChI=1S/C11H6N4S/c1-7-3-4-8(5-9(6-12)13-2)11-10(7)14-16-15-11/h3-5H,1H3/b9-5-. The van der Waals surface area contributed by atoms with Crippen molar-refractivity contribution >= 4 is 28.8 Å². The number of aryl methyl sites for hydroxylation is 1. The van der Waals surface area contributed by atoms with Gasteiger partial charge in [0, 0.05) is 0 Å². The van der Waals surface area contributed by atoms with Crippen LogP contribution in [0.1, 0.15) is 11.1 Å². The molecule has 0 unspecified atom stereocenters. The van der Waals surface area contributed by atoms with Gasteiger partial charge in [0.25, 0.3) is 5.70 Å². The summed E-state index contributed by atoms with van der Waals surface area (Å²) >= 11 is 1.13. The van der Waals surface area contributed by atoms with Gasteiger partial charge >= 0.3 is 0 Å². The summed E-state index contributed by atoms with van der Waals surface area (Å²) in [4.78, 5) is 3.12. The van der Waals surface area contributed by atoms with Crippen LogP contribution in [0, 0.1) is 24.8 Å². The molecule has 0 spiro atoms. The lowest BCUT2D eigenvalue weighted by atomic mass is 10.1. The van der Waals surface area contributed by atoms with Gasteiger partial charge in [-0.2, -0.15) is 8.75 Å². The highest BCUT2D eigenvalue weighted by molar-refractivity contribution is 7.00. The van der Waals surface area contributed by atoms with Gasteiger partial charge in [-0.15, -0.1) is 0 Å². The average molecular weight is 226 g/mol. The van der Waals surface area contributed by atoms with Crippen LogP contribution in [-0.2, 0) is 0 Å². The van der Waals surface area contributed by atoms with Crippen LogP contribution >= 0.6 is 11.7 Å². The lowest BCUT2D eigenvalue weighted by Crippen LogP contribution is -1.82. The van der Waals surface area contributed by atoms with E-state index in [-0.39, 0.29) is 5.70 Å². The van der Waals surface area contributed by atoms with Crippen molar-refractivity contribution in [1.82, 2.24) is 8.75 Å². The Bertz CT molecular complexity index is 639. The predicted octanol–water partition coefficient (Wildman–Crippen LogP) is 2.78. The van der Waals surface area contributed by atoms with Crippen LogP contribution in [0.15, 0.2) is 17.8 Å². The highest BCUT2D eigenvalue weighted by atomic mass is 32.1. The molecule has 0 bridgehead atoms. The van der Waals surface area contributed by atoms with Crippen molar-refractivity contribution in [2.45, 2.75) is 6.92 Å². The largest absolute Gasteiger partial charge is 0.262 e.